The van der Waals surface area contributed by atoms with E-state index in [1.54, 1.807) is 6.20 Å². The average Bonchev–Trinajstić information content (AvgIpc) is 2.70. The molecule has 0 aliphatic heterocycles. The van der Waals surface area contributed by atoms with E-state index in [-0.39, 0.29) is 5.56 Å². The largest absolute Gasteiger partial charge is 0.385 e. The normalized spacial score (nSPS) is 11.3. The van der Waals surface area contributed by atoms with Crippen LogP contribution in [0.2, 0.25) is 0 Å². The summed E-state index contributed by atoms with van der Waals surface area (Å²) < 4.78 is 0. The number of hydrogen-bond acceptors (Lipinski definition) is 3. The Morgan fingerprint density at radius 1 is 0.964 bits per heavy atom. The first kappa shape index (κ1) is 20.2. The minimum Gasteiger partial charge on any atom is -0.385 e. The molecule has 0 aliphatic carbocycles. The average molecular weight is 378 g/mol. The highest BCUT2D eigenvalue weighted by Gasteiger charge is 2.07. The molecule has 3 aromatic rings. The van der Waals surface area contributed by atoms with E-state index in [9.17, 15) is 4.79 Å². The molecule has 0 radical (unpaired) electrons. The van der Waals surface area contributed by atoms with Crippen molar-refractivity contribution in [3.8, 4) is 11.1 Å². The van der Waals surface area contributed by atoms with Gasteiger partial charge in [-0.1, -0.05) is 32.0 Å². The number of fused-ring (bicyclic) bond motifs is 1. The number of rotatable bonds is 9. The Morgan fingerprint density at radius 2 is 1.71 bits per heavy atom. The Bertz CT molecular complexity index is 973. The summed E-state index contributed by atoms with van der Waals surface area (Å²) in [4.78, 5) is 17.5. The van der Waals surface area contributed by atoms with Crippen LogP contribution < -0.4 is 10.9 Å². The molecule has 28 heavy (non-hydrogen) atoms. The Kier molecular flexibility index (Phi) is 6.88. The van der Waals surface area contributed by atoms with Crippen LogP contribution in [0.5, 0.6) is 0 Å². The Labute approximate surface area is 167 Å². The first-order valence-electron chi connectivity index (χ1n) is 10.3. The van der Waals surface area contributed by atoms with E-state index in [1.807, 2.05) is 19.1 Å². The number of H-pyrrole nitrogens is 1. The Morgan fingerprint density at radius 3 is 2.46 bits per heavy atom. The van der Waals surface area contributed by atoms with Crippen LogP contribution in [-0.4, -0.2) is 36.1 Å². The van der Waals surface area contributed by atoms with E-state index in [2.05, 4.69) is 59.4 Å². The second kappa shape index (κ2) is 9.56. The Hall–Kier alpha value is -2.59. The lowest BCUT2D eigenvalue weighted by Crippen LogP contribution is -2.24. The molecule has 0 atom stereocenters. The van der Waals surface area contributed by atoms with Crippen molar-refractivity contribution in [3.05, 3.63) is 64.6 Å². The van der Waals surface area contributed by atoms with Crippen molar-refractivity contribution in [2.45, 2.75) is 33.6 Å². The van der Waals surface area contributed by atoms with Crippen LogP contribution in [-0.2, 0) is 0 Å². The summed E-state index contributed by atoms with van der Waals surface area (Å²) in [6.45, 7) is 10.8. The lowest BCUT2D eigenvalue weighted by Gasteiger charge is -2.17. The van der Waals surface area contributed by atoms with Gasteiger partial charge in [0.15, 0.2) is 0 Å². The maximum atomic E-state index is 12.2. The standard InChI is InChI=1S/C24H31N3O/c1-4-27(5-2)15-7-6-13-25-22-11-10-19-16-21(9-8-20(19)17-22)23-18(3)12-14-26-24(23)28/h8-12,14,16-17,25H,4-7,13,15H2,1-3H3,(H,26,28). The molecule has 1 heterocycles. The summed E-state index contributed by atoms with van der Waals surface area (Å²) in [6, 6.07) is 14.6. The number of aryl methyl sites for hydroxylation is 1. The van der Waals surface area contributed by atoms with Crippen molar-refractivity contribution in [2.75, 3.05) is 31.5 Å². The van der Waals surface area contributed by atoms with Gasteiger partial charge in [0.05, 0.1) is 0 Å². The van der Waals surface area contributed by atoms with Gasteiger partial charge in [-0.15, -0.1) is 0 Å². The number of aromatic nitrogens is 1. The van der Waals surface area contributed by atoms with E-state index in [0.717, 1.165) is 47.4 Å². The number of pyridine rings is 1. The minimum absolute atomic E-state index is 0.0395. The van der Waals surface area contributed by atoms with Crippen LogP contribution in [0.3, 0.4) is 0 Å². The molecule has 0 bridgehead atoms. The smallest absolute Gasteiger partial charge is 0.256 e. The summed E-state index contributed by atoms with van der Waals surface area (Å²) in [5.74, 6) is 0. The van der Waals surface area contributed by atoms with E-state index >= 15 is 0 Å². The molecule has 0 saturated carbocycles. The second-order valence-electron chi connectivity index (χ2n) is 7.30. The van der Waals surface area contributed by atoms with Crippen molar-refractivity contribution in [3.63, 3.8) is 0 Å². The summed E-state index contributed by atoms with van der Waals surface area (Å²) >= 11 is 0. The van der Waals surface area contributed by atoms with Crippen molar-refractivity contribution in [2.24, 2.45) is 0 Å². The SMILES string of the molecule is CCN(CC)CCCCNc1ccc2cc(-c3c(C)cc[nH]c3=O)ccc2c1. The monoisotopic (exact) mass is 377 g/mol. The minimum atomic E-state index is -0.0395. The van der Waals surface area contributed by atoms with Crippen molar-refractivity contribution >= 4 is 16.5 Å². The molecule has 0 spiro atoms. The van der Waals surface area contributed by atoms with Crippen molar-refractivity contribution < 1.29 is 0 Å². The van der Waals surface area contributed by atoms with Crippen LogP contribution in [0.4, 0.5) is 5.69 Å². The fourth-order valence-corrected chi connectivity index (χ4v) is 3.68. The van der Waals surface area contributed by atoms with Gasteiger partial charge in [0.1, 0.15) is 0 Å². The predicted octanol–water partition coefficient (Wildman–Crippen LogP) is 5.04. The quantitative estimate of drug-likeness (QED) is 0.514. The van der Waals surface area contributed by atoms with Crippen LogP contribution in [0.25, 0.3) is 21.9 Å². The number of nitrogens with one attached hydrogen (secondary N) is 2. The van der Waals surface area contributed by atoms with Crippen molar-refractivity contribution in [1.29, 1.82) is 0 Å². The lowest BCUT2D eigenvalue weighted by atomic mass is 9.99. The molecule has 4 heteroatoms. The fourth-order valence-electron chi connectivity index (χ4n) is 3.68. The number of nitrogens with zero attached hydrogens (tertiary/aromatic N) is 1. The van der Waals surface area contributed by atoms with Crippen LogP contribution in [0, 0.1) is 6.92 Å². The van der Waals surface area contributed by atoms with Gasteiger partial charge < -0.3 is 15.2 Å². The number of anilines is 1. The third-order valence-electron chi connectivity index (χ3n) is 5.42. The summed E-state index contributed by atoms with van der Waals surface area (Å²) in [6.07, 6.45) is 4.09. The lowest BCUT2D eigenvalue weighted by molar-refractivity contribution is 0.298. The summed E-state index contributed by atoms with van der Waals surface area (Å²) in [5.41, 5.74) is 3.81. The zero-order valence-corrected chi connectivity index (χ0v) is 17.2. The molecule has 0 aliphatic rings. The van der Waals surface area contributed by atoms with Gasteiger partial charge in [0.25, 0.3) is 5.56 Å². The number of aromatic amines is 1. The molecular formula is C24H31N3O. The second-order valence-corrected chi connectivity index (χ2v) is 7.30. The number of benzene rings is 2. The topological polar surface area (TPSA) is 48.1 Å². The van der Waals surface area contributed by atoms with E-state index in [4.69, 9.17) is 0 Å². The molecule has 3 rings (SSSR count). The Balaban J connectivity index is 1.66. The van der Waals surface area contributed by atoms with Gasteiger partial charge in [-0.25, -0.2) is 0 Å². The molecule has 0 fully saturated rings. The predicted molar refractivity (Wildman–Crippen MR) is 120 cm³/mol. The van der Waals surface area contributed by atoms with Gasteiger partial charge >= 0.3 is 0 Å². The van der Waals surface area contributed by atoms with Gasteiger partial charge in [-0.3, -0.25) is 4.79 Å². The highest BCUT2D eigenvalue weighted by atomic mass is 16.1. The van der Waals surface area contributed by atoms with Crippen LogP contribution in [0.1, 0.15) is 32.3 Å². The molecule has 148 valence electrons. The molecule has 2 N–H and O–H groups in total. The van der Waals surface area contributed by atoms with E-state index < -0.39 is 0 Å². The van der Waals surface area contributed by atoms with Gasteiger partial charge in [0, 0.05) is 24.0 Å². The van der Waals surface area contributed by atoms with Crippen LogP contribution in [0.15, 0.2) is 53.5 Å². The fraction of sp³-hybridized carbons (Fsp3) is 0.375. The molecule has 1 aromatic heterocycles. The van der Waals surface area contributed by atoms with Gasteiger partial charge in [0.2, 0.25) is 0 Å². The summed E-state index contributed by atoms with van der Waals surface area (Å²) in [7, 11) is 0. The molecule has 4 nitrogen and oxygen atoms in total. The maximum Gasteiger partial charge on any atom is 0.256 e. The summed E-state index contributed by atoms with van der Waals surface area (Å²) in [5, 5.41) is 5.87. The first-order chi connectivity index (χ1) is 13.6. The first-order valence-corrected chi connectivity index (χ1v) is 10.3. The maximum absolute atomic E-state index is 12.2. The molecule has 0 saturated heterocycles. The zero-order valence-electron chi connectivity index (χ0n) is 17.2. The number of unbranched alkanes of at least 4 members (excludes halogenated alkanes) is 1. The van der Waals surface area contributed by atoms with Gasteiger partial charge in [-0.2, -0.15) is 0 Å². The zero-order chi connectivity index (χ0) is 19.9. The van der Waals surface area contributed by atoms with Gasteiger partial charge in [-0.05, 0) is 85.6 Å². The third-order valence-corrected chi connectivity index (χ3v) is 5.42. The molecular weight excluding hydrogens is 346 g/mol. The highest BCUT2D eigenvalue weighted by molar-refractivity contribution is 5.90. The van der Waals surface area contributed by atoms with E-state index in [1.165, 1.54) is 24.8 Å². The van der Waals surface area contributed by atoms with Crippen LogP contribution >= 0.6 is 0 Å². The van der Waals surface area contributed by atoms with Crippen molar-refractivity contribution in [1.82, 2.24) is 9.88 Å². The highest BCUT2D eigenvalue weighted by Crippen LogP contribution is 2.26. The third kappa shape index (κ3) is 4.82. The molecule has 2 aromatic carbocycles. The number of hydrogen-bond donors (Lipinski definition) is 2. The van der Waals surface area contributed by atoms with E-state index in [0.29, 0.717) is 0 Å². The molecule has 0 unspecified atom stereocenters. The molecule has 0 amide bonds.